The number of carbonyl (C=O) groups is 2. The predicted molar refractivity (Wildman–Crippen MR) is 80.4 cm³/mol. The predicted octanol–water partition coefficient (Wildman–Crippen LogP) is 4.05. The summed E-state index contributed by atoms with van der Waals surface area (Å²) in [5.74, 6) is -4.98. The van der Waals surface area contributed by atoms with Crippen molar-refractivity contribution in [1.29, 1.82) is 0 Å². The van der Waals surface area contributed by atoms with Crippen LogP contribution in [0.2, 0.25) is 0 Å². The fourth-order valence-corrected chi connectivity index (χ4v) is 1.92. The summed E-state index contributed by atoms with van der Waals surface area (Å²) in [6, 6.07) is 1.39. The highest BCUT2D eigenvalue weighted by atomic mass is 19.2. The Morgan fingerprint density at radius 2 is 1.54 bits per heavy atom. The third-order valence-corrected chi connectivity index (χ3v) is 3.31. The highest BCUT2D eigenvalue weighted by Gasteiger charge is 2.16. The van der Waals surface area contributed by atoms with Crippen LogP contribution >= 0.6 is 0 Å². The average molecular weight is 346 g/mol. The van der Waals surface area contributed by atoms with Crippen LogP contribution in [-0.2, 0) is 25.7 Å². The highest BCUT2D eigenvalue weighted by Crippen LogP contribution is 2.17. The van der Waals surface area contributed by atoms with Crippen LogP contribution in [0.3, 0.4) is 0 Å². The zero-order valence-electron chi connectivity index (χ0n) is 13.6. The van der Waals surface area contributed by atoms with Crippen LogP contribution in [0.4, 0.5) is 13.2 Å². The number of unbranched alkanes of at least 4 members (excludes halogenated alkanes) is 3. The molecule has 4 nitrogen and oxygen atoms in total. The van der Waals surface area contributed by atoms with Gasteiger partial charge in [-0.1, -0.05) is 26.2 Å². The van der Waals surface area contributed by atoms with E-state index in [2.05, 4.69) is 11.7 Å². The number of benzene rings is 1. The number of halogens is 3. The van der Waals surface area contributed by atoms with Crippen LogP contribution in [0.1, 0.15) is 51.0 Å². The Morgan fingerprint density at radius 1 is 0.917 bits per heavy atom. The lowest BCUT2D eigenvalue weighted by Gasteiger charge is -2.08. The molecule has 0 aliphatic rings. The smallest absolute Gasteiger partial charge is 0.306 e. The van der Waals surface area contributed by atoms with E-state index in [1.54, 1.807) is 0 Å². The molecule has 7 heteroatoms. The van der Waals surface area contributed by atoms with E-state index >= 15 is 0 Å². The van der Waals surface area contributed by atoms with Crippen LogP contribution in [-0.4, -0.2) is 18.5 Å². The number of hydrogen-bond donors (Lipinski definition) is 0. The molecule has 0 amide bonds. The molecule has 134 valence electrons. The van der Waals surface area contributed by atoms with Gasteiger partial charge in [-0.15, -0.1) is 0 Å². The van der Waals surface area contributed by atoms with Crippen LogP contribution in [0.15, 0.2) is 12.1 Å². The van der Waals surface area contributed by atoms with E-state index in [0.29, 0.717) is 12.7 Å². The Balaban J connectivity index is 2.27. The molecule has 0 saturated carbocycles. The Bertz CT molecular complexity index is 561. The van der Waals surface area contributed by atoms with Gasteiger partial charge in [-0.3, -0.25) is 9.59 Å². The maximum Gasteiger partial charge on any atom is 0.306 e. The molecule has 0 fully saturated rings. The summed E-state index contributed by atoms with van der Waals surface area (Å²) in [5, 5.41) is 0. The molecule has 0 N–H and O–H groups in total. The molecule has 0 aromatic heterocycles. The van der Waals surface area contributed by atoms with Crippen molar-refractivity contribution in [2.45, 2.75) is 52.1 Å². The number of carbonyl (C=O) groups excluding carboxylic acids is 2. The minimum absolute atomic E-state index is 0.180. The summed E-state index contributed by atoms with van der Waals surface area (Å²) >= 11 is 0. The van der Waals surface area contributed by atoms with Gasteiger partial charge in [-0.25, -0.2) is 13.2 Å². The molecule has 24 heavy (non-hydrogen) atoms. The zero-order chi connectivity index (χ0) is 17.9. The number of esters is 2. The topological polar surface area (TPSA) is 52.6 Å². The van der Waals surface area contributed by atoms with Crippen molar-refractivity contribution in [3.63, 3.8) is 0 Å². The first-order chi connectivity index (χ1) is 11.5. The van der Waals surface area contributed by atoms with E-state index in [1.807, 2.05) is 0 Å². The first-order valence-electron chi connectivity index (χ1n) is 7.89. The first-order valence-corrected chi connectivity index (χ1v) is 7.89. The summed E-state index contributed by atoms with van der Waals surface area (Å²) < 4.78 is 49.3. The Hall–Kier alpha value is -2.05. The maximum absolute atomic E-state index is 13.4. The van der Waals surface area contributed by atoms with E-state index in [0.717, 1.165) is 31.7 Å². The van der Waals surface area contributed by atoms with E-state index in [1.165, 1.54) is 0 Å². The molecule has 0 bridgehead atoms. The van der Waals surface area contributed by atoms with Crippen molar-refractivity contribution in [3.8, 4) is 0 Å². The second-order valence-electron chi connectivity index (χ2n) is 5.26. The second kappa shape index (κ2) is 10.7. The molecule has 0 aliphatic heterocycles. The van der Waals surface area contributed by atoms with Gasteiger partial charge in [-0.05, 0) is 18.6 Å². The number of hydrogen-bond acceptors (Lipinski definition) is 4. The fourth-order valence-electron chi connectivity index (χ4n) is 1.92. The summed E-state index contributed by atoms with van der Waals surface area (Å²) in [7, 11) is 0. The van der Waals surface area contributed by atoms with Gasteiger partial charge in [0.05, 0.1) is 25.0 Å². The van der Waals surface area contributed by atoms with E-state index in [-0.39, 0.29) is 12.8 Å². The van der Waals surface area contributed by atoms with Gasteiger partial charge in [0.1, 0.15) is 12.4 Å². The molecule has 1 rings (SSSR count). The first kappa shape index (κ1) is 20.0. The Kier molecular flexibility index (Phi) is 8.89. The van der Waals surface area contributed by atoms with E-state index in [9.17, 15) is 22.8 Å². The Morgan fingerprint density at radius 3 is 2.21 bits per heavy atom. The minimum atomic E-state index is -1.39. The summed E-state index contributed by atoms with van der Waals surface area (Å²) in [4.78, 5) is 22.9. The van der Waals surface area contributed by atoms with E-state index in [4.69, 9.17) is 4.74 Å². The quantitative estimate of drug-likeness (QED) is 0.364. The van der Waals surface area contributed by atoms with Gasteiger partial charge in [-0.2, -0.15) is 0 Å². The van der Waals surface area contributed by atoms with Crippen LogP contribution in [0.25, 0.3) is 0 Å². The molecule has 0 saturated heterocycles. The largest absolute Gasteiger partial charge is 0.466 e. The summed E-state index contributed by atoms with van der Waals surface area (Å²) in [5.41, 5.74) is -0.665. The molecule has 0 heterocycles. The van der Waals surface area contributed by atoms with Crippen LogP contribution in [0, 0.1) is 17.5 Å². The molecule has 1 aromatic rings. The third kappa shape index (κ3) is 7.02. The SMILES string of the molecule is CCCCCCOC(=O)CCC(=O)OCc1c(F)ccc(F)c1F. The molecular formula is C17H21F3O4. The molecule has 1 aromatic carbocycles. The second-order valence-corrected chi connectivity index (χ2v) is 5.26. The van der Waals surface area contributed by atoms with Crippen molar-refractivity contribution in [1.82, 2.24) is 0 Å². The van der Waals surface area contributed by atoms with Crippen molar-refractivity contribution >= 4 is 11.9 Å². The van der Waals surface area contributed by atoms with Gasteiger partial charge in [0.2, 0.25) is 0 Å². The molecule has 0 unspecified atom stereocenters. The van der Waals surface area contributed by atoms with Crippen LogP contribution < -0.4 is 0 Å². The van der Waals surface area contributed by atoms with Crippen LogP contribution in [0.5, 0.6) is 0 Å². The van der Waals surface area contributed by atoms with Gasteiger partial charge in [0, 0.05) is 0 Å². The molecule has 0 aliphatic carbocycles. The van der Waals surface area contributed by atoms with Crippen molar-refractivity contribution in [2.75, 3.05) is 6.61 Å². The van der Waals surface area contributed by atoms with Crippen molar-refractivity contribution < 1.29 is 32.2 Å². The Labute approximate surface area is 138 Å². The average Bonchev–Trinajstić information content (AvgIpc) is 2.56. The van der Waals surface area contributed by atoms with E-state index < -0.39 is 41.6 Å². The number of rotatable bonds is 10. The zero-order valence-corrected chi connectivity index (χ0v) is 13.6. The molecule has 0 radical (unpaired) electrons. The highest BCUT2D eigenvalue weighted by molar-refractivity contribution is 5.77. The number of ether oxygens (including phenoxy) is 2. The van der Waals surface area contributed by atoms with Gasteiger partial charge < -0.3 is 9.47 Å². The summed E-state index contributed by atoms with van der Waals surface area (Å²) in [6.07, 6.45) is 3.43. The molecule has 0 atom stereocenters. The fraction of sp³-hybridized carbons (Fsp3) is 0.529. The monoisotopic (exact) mass is 346 g/mol. The lowest BCUT2D eigenvalue weighted by Crippen LogP contribution is -2.12. The standard InChI is InChI=1S/C17H21F3O4/c1-2-3-4-5-10-23-15(21)8-9-16(22)24-11-12-13(18)6-7-14(19)17(12)20/h6-7H,2-5,8-11H2,1H3. The molecular weight excluding hydrogens is 325 g/mol. The van der Waals surface area contributed by atoms with Gasteiger partial charge in [0.15, 0.2) is 11.6 Å². The van der Waals surface area contributed by atoms with Gasteiger partial charge in [0.25, 0.3) is 0 Å². The lowest BCUT2D eigenvalue weighted by atomic mass is 10.2. The minimum Gasteiger partial charge on any atom is -0.466 e. The summed E-state index contributed by atoms with van der Waals surface area (Å²) in [6.45, 7) is 1.63. The normalized spacial score (nSPS) is 10.5. The van der Waals surface area contributed by atoms with Crippen molar-refractivity contribution in [3.05, 3.63) is 35.1 Å². The van der Waals surface area contributed by atoms with Gasteiger partial charge >= 0.3 is 11.9 Å². The maximum atomic E-state index is 13.4. The van der Waals surface area contributed by atoms with Crippen molar-refractivity contribution in [2.24, 2.45) is 0 Å². The third-order valence-electron chi connectivity index (χ3n) is 3.31. The molecule has 0 spiro atoms. The lowest BCUT2D eigenvalue weighted by molar-refractivity contribution is -0.151.